The minimum Gasteiger partial charge on any atom is -0.497 e. The SMILES string of the molecule is CN/C1=C/C(F)=C\C(C)/C=C(/CNc2ccc(C(=O)OC)cc2CN(C)C2CCCCC2)C(OCc2ccc(OC)cc2)=NC1. The Bertz CT molecular complexity index is 1410. The summed E-state index contributed by atoms with van der Waals surface area (Å²) in [5.41, 5.74) is 4.84. The second kappa shape index (κ2) is 16.8. The number of esters is 1. The number of likely N-dealkylation sites (N-methyl/N-ethyl adjacent to an activating group) is 1. The third-order valence-corrected chi connectivity index (χ3v) is 8.34. The monoisotopic (exact) mass is 618 g/mol. The molecule has 1 aliphatic carbocycles. The van der Waals surface area contributed by atoms with Gasteiger partial charge in [0.15, 0.2) is 0 Å². The molecule has 0 bridgehead atoms. The molecule has 1 saturated carbocycles. The van der Waals surface area contributed by atoms with Gasteiger partial charge in [-0.25, -0.2) is 14.2 Å². The van der Waals surface area contributed by atoms with E-state index in [1.807, 2.05) is 49.4 Å². The molecule has 1 fully saturated rings. The number of rotatable bonds is 11. The zero-order valence-corrected chi connectivity index (χ0v) is 27.2. The quantitative estimate of drug-likeness (QED) is 0.268. The van der Waals surface area contributed by atoms with Crippen LogP contribution in [0.1, 0.15) is 60.5 Å². The van der Waals surface area contributed by atoms with E-state index in [9.17, 15) is 9.18 Å². The molecule has 0 radical (unpaired) electrons. The smallest absolute Gasteiger partial charge is 0.337 e. The minimum absolute atomic E-state index is 0.220. The molecule has 0 saturated heterocycles. The Balaban J connectivity index is 1.62. The molecule has 0 spiro atoms. The van der Waals surface area contributed by atoms with Gasteiger partial charge in [-0.2, -0.15) is 0 Å². The van der Waals surface area contributed by atoms with E-state index < -0.39 is 0 Å². The Labute approximate surface area is 267 Å². The number of carbonyl (C=O) groups excluding carboxylic acids is 1. The fraction of sp³-hybridized carbons (Fsp3) is 0.444. The number of allylic oxidation sites excluding steroid dienone is 4. The standard InChI is InChI=1S/C36H47FN4O4/c1-25-17-28(35(40-22-31(38-2)20-30(37)18-25)45-24-26-11-14-33(43-4)15-12-26)21-39-34-16-13-27(36(42)44-5)19-29(34)23-41(3)32-9-7-6-8-10-32/h11-20,25,32,38-39H,6-10,21-24H2,1-5H3/b28-17-,30-18+,31-20+,40-35?. The summed E-state index contributed by atoms with van der Waals surface area (Å²) in [6.07, 6.45) is 11.2. The summed E-state index contributed by atoms with van der Waals surface area (Å²) < 4.78 is 31.4. The van der Waals surface area contributed by atoms with Crippen LogP contribution in [0.15, 0.2) is 82.8 Å². The van der Waals surface area contributed by atoms with Crippen molar-refractivity contribution in [3.8, 4) is 5.75 Å². The van der Waals surface area contributed by atoms with Gasteiger partial charge >= 0.3 is 5.97 Å². The summed E-state index contributed by atoms with van der Waals surface area (Å²) in [4.78, 5) is 19.6. The molecule has 2 aliphatic rings. The number of aliphatic imine (C=N–C) groups is 1. The number of benzene rings is 2. The Morgan fingerprint density at radius 3 is 2.51 bits per heavy atom. The van der Waals surface area contributed by atoms with Gasteiger partial charge in [0, 0.05) is 43.1 Å². The van der Waals surface area contributed by atoms with E-state index in [0.29, 0.717) is 42.9 Å². The van der Waals surface area contributed by atoms with Crippen molar-refractivity contribution in [1.29, 1.82) is 0 Å². The highest BCUT2D eigenvalue weighted by molar-refractivity contribution is 5.95. The number of anilines is 1. The predicted octanol–water partition coefficient (Wildman–Crippen LogP) is 6.81. The topological polar surface area (TPSA) is 84.4 Å². The van der Waals surface area contributed by atoms with Gasteiger partial charge in [0.25, 0.3) is 0 Å². The van der Waals surface area contributed by atoms with Crippen LogP contribution in [0, 0.1) is 5.92 Å². The molecule has 8 nitrogen and oxygen atoms in total. The fourth-order valence-electron chi connectivity index (χ4n) is 5.76. The molecule has 242 valence electrons. The number of hydrogen-bond donors (Lipinski definition) is 2. The average Bonchev–Trinajstić information content (AvgIpc) is 3.06. The van der Waals surface area contributed by atoms with E-state index in [1.54, 1.807) is 26.3 Å². The van der Waals surface area contributed by atoms with Crippen molar-refractivity contribution in [3.63, 3.8) is 0 Å². The molecular weight excluding hydrogens is 571 g/mol. The molecule has 2 N–H and O–H groups in total. The second-order valence-electron chi connectivity index (χ2n) is 11.7. The normalized spacial score (nSPS) is 21.3. The van der Waals surface area contributed by atoms with Crippen molar-refractivity contribution in [1.82, 2.24) is 10.2 Å². The van der Waals surface area contributed by atoms with Crippen LogP contribution in [-0.4, -0.2) is 64.2 Å². The summed E-state index contributed by atoms with van der Waals surface area (Å²) in [6, 6.07) is 13.8. The Morgan fingerprint density at radius 2 is 1.82 bits per heavy atom. The van der Waals surface area contributed by atoms with Gasteiger partial charge in [-0.05, 0) is 79.4 Å². The third kappa shape index (κ3) is 9.94. The number of carbonyl (C=O) groups is 1. The molecule has 9 heteroatoms. The molecule has 1 unspecified atom stereocenters. The number of nitrogens with one attached hydrogen (secondary N) is 2. The van der Waals surface area contributed by atoms with Gasteiger partial charge in [-0.1, -0.05) is 44.4 Å². The largest absolute Gasteiger partial charge is 0.497 e. The van der Waals surface area contributed by atoms with Crippen molar-refractivity contribution in [2.45, 2.75) is 58.2 Å². The highest BCUT2D eigenvalue weighted by Crippen LogP contribution is 2.27. The first kappa shape index (κ1) is 33.8. The second-order valence-corrected chi connectivity index (χ2v) is 11.7. The lowest BCUT2D eigenvalue weighted by Gasteiger charge is -2.32. The van der Waals surface area contributed by atoms with Crippen LogP contribution >= 0.6 is 0 Å². The Hall–Kier alpha value is -4.11. The number of nitrogens with zero attached hydrogens (tertiary/aromatic N) is 2. The van der Waals surface area contributed by atoms with Crippen LogP contribution in [-0.2, 0) is 22.6 Å². The molecule has 1 aliphatic heterocycles. The predicted molar refractivity (Wildman–Crippen MR) is 178 cm³/mol. The average molecular weight is 619 g/mol. The number of halogens is 1. The summed E-state index contributed by atoms with van der Waals surface area (Å²) in [6.45, 7) is 3.55. The number of hydrogen-bond acceptors (Lipinski definition) is 8. The van der Waals surface area contributed by atoms with E-state index in [4.69, 9.17) is 19.2 Å². The maximum atomic E-state index is 14.8. The molecule has 0 aromatic heterocycles. The lowest BCUT2D eigenvalue weighted by molar-refractivity contribution is 0.0600. The molecular formula is C36H47FN4O4. The number of methoxy groups -OCH3 is 2. The minimum atomic E-state index is -0.365. The fourth-order valence-corrected chi connectivity index (χ4v) is 5.76. The van der Waals surface area contributed by atoms with E-state index in [1.165, 1.54) is 45.3 Å². The molecule has 45 heavy (non-hydrogen) atoms. The molecule has 2 aromatic rings. The van der Waals surface area contributed by atoms with Crippen molar-refractivity contribution in [2.24, 2.45) is 10.9 Å². The van der Waals surface area contributed by atoms with Crippen LogP contribution in [0.5, 0.6) is 5.75 Å². The lowest BCUT2D eigenvalue weighted by atomic mass is 9.94. The van der Waals surface area contributed by atoms with Crippen LogP contribution < -0.4 is 15.4 Å². The first-order valence-electron chi connectivity index (χ1n) is 15.7. The van der Waals surface area contributed by atoms with E-state index in [-0.39, 0.29) is 24.3 Å². The molecule has 0 amide bonds. The van der Waals surface area contributed by atoms with Gasteiger partial charge in [0.2, 0.25) is 5.90 Å². The van der Waals surface area contributed by atoms with Gasteiger partial charge < -0.3 is 24.8 Å². The van der Waals surface area contributed by atoms with Gasteiger partial charge in [0.1, 0.15) is 18.2 Å². The molecule has 1 atom stereocenters. The molecule has 4 rings (SSSR count). The van der Waals surface area contributed by atoms with Crippen LogP contribution in [0.3, 0.4) is 0 Å². The number of ether oxygens (including phenoxy) is 3. The van der Waals surface area contributed by atoms with Gasteiger partial charge in [0.05, 0.1) is 26.3 Å². The third-order valence-electron chi connectivity index (χ3n) is 8.34. The summed E-state index contributed by atoms with van der Waals surface area (Å²) in [7, 11) is 6.94. The Kier molecular flexibility index (Phi) is 12.6. The van der Waals surface area contributed by atoms with Crippen LogP contribution in [0.25, 0.3) is 0 Å². The summed E-state index contributed by atoms with van der Waals surface area (Å²) >= 11 is 0. The maximum Gasteiger partial charge on any atom is 0.337 e. The van der Waals surface area contributed by atoms with Crippen molar-refractivity contribution in [2.75, 3.05) is 46.7 Å². The van der Waals surface area contributed by atoms with E-state index in [2.05, 4.69) is 22.6 Å². The van der Waals surface area contributed by atoms with E-state index >= 15 is 0 Å². The van der Waals surface area contributed by atoms with Crippen molar-refractivity contribution < 1.29 is 23.4 Å². The lowest BCUT2D eigenvalue weighted by Crippen LogP contribution is -2.33. The summed E-state index contributed by atoms with van der Waals surface area (Å²) in [5.74, 6) is 0.348. The Morgan fingerprint density at radius 1 is 1.07 bits per heavy atom. The first-order chi connectivity index (χ1) is 21.8. The first-order valence-corrected chi connectivity index (χ1v) is 15.7. The highest BCUT2D eigenvalue weighted by Gasteiger charge is 2.21. The zero-order chi connectivity index (χ0) is 32.2. The van der Waals surface area contributed by atoms with Gasteiger partial charge in [-0.15, -0.1) is 0 Å². The van der Waals surface area contributed by atoms with Crippen molar-refractivity contribution >= 4 is 17.6 Å². The van der Waals surface area contributed by atoms with Gasteiger partial charge in [-0.3, -0.25) is 4.90 Å². The maximum absolute atomic E-state index is 14.8. The van der Waals surface area contributed by atoms with Crippen molar-refractivity contribution in [3.05, 3.63) is 94.5 Å². The van der Waals surface area contributed by atoms with E-state index in [0.717, 1.165) is 28.1 Å². The zero-order valence-electron chi connectivity index (χ0n) is 27.2. The molecule has 2 aromatic carbocycles. The van der Waals surface area contributed by atoms with Crippen LogP contribution in [0.4, 0.5) is 10.1 Å². The molecule has 1 heterocycles. The summed E-state index contributed by atoms with van der Waals surface area (Å²) in [5, 5.41) is 6.63. The van der Waals surface area contributed by atoms with Crippen LogP contribution in [0.2, 0.25) is 0 Å². The highest BCUT2D eigenvalue weighted by atomic mass is 19.1.